The number of ether oxygens (including phenoxy) is 3. The number of hydrogen-bond donors (Lipinski definition) is 2. The van der Waals surface area contributed by atoms with Crippen molar-refractivity contribution in [3.05, 3.63) is 47.8 Å². The third-order valence-electron chi connectivity index (χ3n) is 5.40. The van der Waals surface area contributed by atoms with Gasteiger partial charge in [-0.3, -0.25) is 9.69 Å². The van der Waals surface area contributed by atoms with Gasteiger partial charge in [0.1, 0.15) is 5.82 Å². The van der Waals surface area contributed by atoms with Crippen molar-refractivity contribution in [2.24, 2.45) is 0 Å². The maximum absolute atomic E-state index is 12.5. The summed E-state index contributed by atoms with van der Waals surface area (Å²) in [5, 5.41) is 2.98. The number of morpholine rings is 1. The summed E-state index contributed by atoms with van der Waals surface area (Å²) < 4.78 is 16.2. The molecule has 4 rings (SSSR count). The van der Waals surface area contributed by atoms with Gasteiger partial charge in [-0.2, -0.15) is 0 Å². The Labute approximate surface area is 181 Å². The fraction of sp³-hybridized carbons (Fsp3) is 0.391. The van der Waals surface area contributed by atoms with Crippen LogP contribution >= 0.6 is 0 Å². The smallest absolute Gasteiger partial charge is 0.224 e. The van der Waals surface area contributed by atoms with E-state index in [9.17, 15) is 4.79 Å². The monoisotopic (exact) mass is 424 g/mol. The van der Waals surface area contributed by atoms with Crippen LogP contribution in [0.1, 0.15) is 17.8 Å². The predicted octanol–water partition coefficient (Wildman–Crippen LogP) is 2.98. The van der Waals surface area contributed by atoms with E-state index >= 15 is 0 Å². The maximum Gasteiger partial charge on any atom is 0.224 e. The zero-order valence-corrected chi connectivity index (χ0v) is 17.9. The Kier molecular flexibility index (Phi) is 6.69. The average Bonchev–Trinajstić information content (AvgIpc) is 3.19. The van der Waals surface area contributed by atoms with Gasteiger partial charge in [0.15, 0.2) is 11.5 Å². The Bertz CT molecular complexity index is 1040. The highest BCUT2D eigenvalue weighted by atomic mass is 16.5. The average molecular weight is 425 g/mol. The van der Waals surface area contributed by atoms with Crippen molar-refractivity contribution in [1.29, 1.82) is 0 Å². The zero-order chi connectivity index (χ0) is 21.6. The minimum atomic E-state index is -0.0581. The normalized spacial score (nSPS) is 14.5. The van der Waals surface area contributed by atoms with Crippen molar-refractivity contribution in [2.75, 3.05) is 45.8 Å². The third-order valence-corrected chi connectivity index (χ3v) is 5.40. The van der Waals surface area contributed by atoms with Crippen molar-refractivity contribution >= 4 is 22.6 Å². The lowest BCUT2D eigenvalue weighted by Crippen LogP contribution is -2.35. The third kappa shape index (κ3) is 5.15. The second kappa shape index (κ2) is 9.80. The molecule has 0 atom stereocenters. The van der Waals surface area contributed by atoms with Crippen molar-refractivity contribution in [2.45, 2.75) is 19.4 Å². The van der Waals surface area contributed by atoms with Gasteiger partial charge in [-0.05, 0) is 36.2 Å². The maximum atomic E-state index is 12.5. The number of para-hydroxylation sites is 1. The van der Waals surface area contributed by atoms with E-state index in [4.69, 9.17) is 14.2 Å². The number of carbonyl (C=O) groups excluding carboxylic acids is 1. The highest BCUT2D eigenvalue weighted by molar-refractivity contribution is 5.93. The summed E-state index contributed by atoms with van der Waals surface area (Å²) in [5.74, 6) is 2.20. The lowest BCUT2D eigenvalue weighted by atomic mass is 10.1. The Morgan fingerprint density at radius 2 is 2.03 bits per heavy atom. The molecule has 2 aromatic carbocycles. The van der Waals surface area contributed by atoms with Crippen LogP contribution in [0.2, 0.25) is 0 Å². The van der Waals surface area contributed by atoms with E-state index < -0.39 is 0 Å². The number of nitrogens with zero attached hydrogens (tertiary/aromatic N) is 2. The lowest BCUT2D eigenvalue weighted by Gasteiger charge is -2.25. The molecule has 2 N–H and O–H groups in total. The second-order valence-electron chi connectivity index (χ2n) is 7.50. The first-order chi connectivity index (χ1) is 15.2. The largest absolute Gasteiger partial charge is 0.493 e. The first-order valence-electron chi connectivity index (χ1n) is 10.4. The summed E-state index contributed by atoms with van der Waals surface area (Å²) in [4.78, 5) is 22.9. The van der Waals surface area contributed by atoms with Gasteiger partial charge in [0.05, 0.1) is 45.0 Å². The van der Waals surface area contributed by atoms with Crippen LogP contribution in [-0.2, 0) is 22.5 Å². The molecule has 0 bridgehead atoms. The molecule has 8 heteroatoms. The fourth-order valence-electron chi connectivity index (χ4n) is 3.81. The Hall–Kier alpha value is -3.10. The van der Waals surface area contributed by atoms with Gasteiger partial charge >= 0.3 is 0 Å². The van der Waals surface area contributed by atoms with Crippen LogP contribution in [-0.4, -0.2) is 61.3 Å². The second-order valence-corrected chi connectivity index (χ2v) is 7.50. The Morgan fingerprint density at radius 3 is 2.81 bits per heavy atom. The predicted molar refractivity (Wildman–Crippen MR) is 119 cm³/mol. The van der Waals surface area contributed by atoms with E-state index in [1.165, 1.54) is 0 Å². The molecular weight excluding hydrogens is 396 g/mol. The molecule has 0 saturated carbocycles. The zero-order valence-electron chi connectivity index (χ0n) is 17.9. The van der Waals surface area contributed by atoms with E-state index in [1.807, 2.05) is 36.4 Å². The van der Waals surface area contributed by atoms with Gasteiger partial charge < -0.3 is 24.5 Å². The molecule has 31 heavy (non-hydrogen) atoms. The van der Waals surface area contributed by atoms with Gasteiger partial charge in [0.2, 0.25) is 5.91 Å². The molecule has 1 aliphatic heterocycles. The van der Waals surface area contributed by atoms with E-state index in [2.05, 4.69) is 20.2 Å². The molecule has 3 aromatic rings. The number of anilines is 1. The number of amides is 1. The van der Waals surface area contributed by atoms with Crippen LogP contribution in [0.3, 0.4) is 0 Å². The summed E-state index contributed by atoms with van der Waals surface area (Å²) in [6, 6.07) is 11.4. The van der Waals surface area contributed by atoms with Crippen LogP contribution < -0.4 is 14.8 Å². The molecule has 1 aliphatic rings. The molecule has 1 aromatic heterocycles. The van der Waals surface area contributed by atoms with Crippen LogP contribution in [0.15, 0.2) is 36.4 Å². The Morgan fingerprint density at radius 1 is 1.19 bits per heavy atom. The number of methoxy groups -OCH3 is 2. The highest BCUT2D eigenvalue weighted by Gasteiger charge is 2.14. The van der Waals surface area contributed by atoms with Crippen molar-refractivity contribution in [3.63, 3.8) is 0 Å². The number of aromatic nitrogens is 2. The number of H-pyrrole nitrogens is 1. The van der Waals surface area contributed by atoms with Crippen molar-refractivity contribution < 1.29 is 19.0 Å². The summed E-state index contributed by atoms with van der Waals surface area (Å²) in [6.45, 7) is 4.12. The molecule has 0 radical (unpaired) electrons. The van der Waals surface area contributed by atoms with E-state index in [1.54, 1.807) is 14.2 Å². The fourth-order valence-corrected chi connectivity index (χ4v) is 3.81. The van der Waals surface area contributed by atoms with E-state index in [0.29, 0.717) is 24.3 Å². The molecule has 1 saturated heterocycles. The van der Waals surface area contributed by atoms with Crippen LogP contribution in [0.25, 0.3) is 11.0 Å². The molecular formula is C23H28N4O4. The van der Waals surface area contributed by atoms with E-state index in [0.717, 1.165) is 61.0 Å². The molecule has 1 amide bonds. The number of imidazole rings is 1. The molecule has 164 valence electrons. The molecule has 8 nitrogen and oxygen atoms in total. The minimum absolute atomic E-state index is 0.0581. The van der Waals surface area contributed by atoms with Gasteiger partial charge in [0.25, 0.3) is 0 Å². The van der Waals surface area contributed by atoms with Crippen molar-refractivity contribution in [3.8, 4) is 11.5 Å². The number of aromatic amines is 1. The quantitative estimate of drug-likeness (QED) is 0.578. The standard InChI is InChI=1S/C23H28N4O4/c1-29-20-5-3-4-16(23(20)30-2)6-9-22(28)24-17-7-8-18-19(14-17)26-21(25-18)15-27-10-12-31-13-11-27/h3-5,7-8,14H,6,9-13,15H2,1-2H3,(H,24,28)(H,25,26). The van der Waals surface area contributed by atoms with E-state index in [-0.39, 0.29) is 5.91 Å². The molecule has 2 heterocycles. The number of nitrogens with one attached hydrogen (secondary N) is 2. The van der Waals surface area contributed by atoms with Crippen LogP contribution in [0.5, 0.6) is 11.5 Å². The number of hydrogen-bond acceptors (Lipinski definition) is 6. The van der Waals surface area contributed by atoms with Gasteiger partial charge in [-0.1, -0.05) is 12.1 Å². The van der Waals surface area contributed by atoms with Crippen LogP contribution in [0.4, 0.5) is 5.69 Å². The molecule has 0 unspecified atom stereocenters. The first kappa shape index (κ1) is 21.1. The molecule has 0 spiro atoms. The number of aryl methyl sites for hydroxylation is 1. The first-order valence-corrected chi connectivity index (χ1v) is 10.4. The summed E-state index contributed by atoms with van der Waals surface area (Å²) in [5.41, 5.74) is 3.49. The Balaban J connectivity index is 1.37. The van der Waals surface area contributed by atoms with Gasteiger partial charge in [-0.25, -0.2) is 4.98 Å². The van der Waals surface area contributed by atoms with Crippen LogP contribution in [0, 0.1) is 0 Å². The topological polar surface area (TPSA) is 88.7 Å². The minimum Gasteiger partial charge on any atom is -0.493 e. The van der Waals surface area contributed by atoms with Crippen molar-refractivity contribution in [1.82, 2.24) is 14.9 Å². The molecule has 0 aliphatic carbocycles. The lowest BCUT2D eigenvalue weighted by molar-refractivity contribution is -0.116. The summed E-state index contributed by atoms with van der Waals surface area (Å²) in [6.07, 6.45) is 0.898. The highest BCUT2D eigenvalue weighted by Crippen LogP contribution is 2.31. The number of carbonyl (C=O) groups is 1. The molecule has 1 fully saturated rings. The number of benzene rings is 2. The van der Waals surface area contributed by atoms with Gasteiger partial charge in [0, 0.05) is 25.2 Å². The summed E-state index contributed by atoms with van der Waals surface area (Å²) in [7, 11) is 3.21. The number of rotatable bonds is 8. The number of fused-ring (bicyclic) bond motifs is 1. The van der Waals surface area contributed by atoms with Gasteiger partial charge in [-0.15, -0.1) is 0 Å². The SMILES string of the molecule is COc1cccc(CCC(=O)Nc2ccc3nc(CN4CCOCC4)[nH]c3c2)c1OC. The summed E-state index contributed by atoms with van der Waals surface area (Å²) >= 11 is 0.